The molecule has 3 rings (SSSR count). The number of rotatable bonds is 10. The molecule has 0 aliphatic carbocycles. The fraction of sp³-hybridized carbons (Fsp3) is 0.308. The first-order valence-electron chi connectivity index (χ1n) is 11.2. The van der Waals surface area contributed by atoms with E-state index in [9.17, 15) is 8.42 Å². The van der Waals surface area contributed by atoms with Crippen molar-refractivity contribution in [3.8, 4) is 5.75 Å². The number of pyridine rings is 2. The monoisotopic (exact) mass is 514 g/mol. The average molecular weight is 515 g/mol. The van der Waals surface area contributed by atoms with Gasteiger partial charge in [0.15, 0.2) is 0 Å². The van der Waals surface area contributed by atoms with Crippen molar-refractivity contribution in [2.75, 3.05) is 26.9 Å². The maximum absolute atomic E-state index is 12.3. The smallest absolute Gasteiger partial charge is 0.213 e. The maximum Gasteiger partial charge on any atom is 0.213 e. The molecule has 0 saturated heterocycles. The number of halogens is 1. The summed E-state index contributed by atoms with van der Waals surface area (Å²) in [6.07, 6.45) is 6.88. The van der Waals surface area contributed by atoms with E-state index in [1.54, 1.807) is 26.2 Å². The maximum atomic E-state index is 12.3. The van der Waals surface area contributed by atoms with Gasteiger partial charge >= 0.3 is 0 Å². The molecule has 0 atom stereocenters. The summed E-state index contributed by atoms with van der Waals surface area (Å²) in [6, 6.07) is 7.85. The zero-order valence-corrected chi connectivity index (χ0v) is 22.3. The van der Waals surface area contributed by atoms with E-state index in [4.69, 9.17) is 21.3 Å². The van der Waals surface area contributed by atoms with E-state index in [1.165, 1.54) is 10.5 Å². The van der Waals surface area contributed by atoms with E-state index in [0.717, 1.165) is 27.9 Å². The number of sulfonamides is 1. The van der Waals surface area contributed by atoms with E-state index >= 15 is 0 Å². The molecule has 0 unspecified atom stereocenters. The first-order chi connectivity index (χ1) is 16.6. The Kier molecular flexibility index (Phi) is 8.53. The van der Waals surface area contributed by atoms with Crippen LogP contribution in [0.3, 0.4) is 0 Å². The molecule has 0 radical (unpaired) electrons. The van der Waals surface area contributed by atoms with Gasteiger partial charge < -0.3 is 9.64 Å². The Labute approximate surface area is 212 Å². The summed E-state index contributed by atoms with van der Waals surface area (Å²) in [5, 5.41) is 1.36. The van der Waals surface area contributed by atoms with Crippen LogP contribution in [0.5, 0.6) is 5.75 Å². The van der Waals surface area contributed by atoms with Gasteiger partial charge in [-0.3, -0.25) is 4.98 Å². The van der Waals surface area contributed by atoms with Gasteiger partial charge in [-0.05, 0) is 37.6 Å². The predicted molar refractivity (Wildman–Crippen MR) is 143 cm³/mol. The number of aromatic nitrogens is 2. The minimum atomic E-state index is -3.36. The number of hydrogen-bond donors (Lipinski definition) is 0. The normalized spacial score (nSPS) is 12.3. The van der Waals surface area contributed by atoms with Crippen LogP contribution >= 0.6 is 11.6 Å². The van der Waals surface area contributed by atoms with Crippen LogP contribution in [-0.4, -0.2) is 54.5 Å². The van der Waals surface area contributed by atoms with Crippen molar-refractivity contribution in [2.24, 2.45) is 0 Å². The summed E-state index contributed by atoms with van der Waals surface area (Å²) < 4.78 is 32.0. The quantitative estimate of drug-likeness (QED) is 0.353. The standard InChI is InChI=1S/C26H31ClN4O3S/c1-7-10-24(30(4)5)21-13-18(3)29-26-20(21)11-9-12-25(26)34-17-22-19(14-28-15-23(22)27)16-31(6)35(32,33)8-2/h7,9-15H,1,8,16-17H2,2-6H3/b24-10-. The topological polar surface area (TPSA) is 75.6 Å². The highest BCUT2D eigenvalue weighted by molar-refractivity contribution is 7.89. The number of para-hydroxylation sites is 1. The number of aryl methyl sites for hydroxylation is 1. The Morgan fingerprint density at radius 3 is 2.63 bits per heavy atom. The number of fused-ring (bicyclic) bond motifs is 1. The molecule has 2 aromatic heterocycles. The lowest BCUT2D eigenvalue weighted by atomic mass is 10.0. The van der Waals surface area contributed by atoms with Gasteiger partial charge in [0.1, 0.15) is 17.9 Å². The summed E-state index contributed by atoms with van der Waals surface area (Å²) in [5.41, 5.74) is 4.99. The molecule has 0 fully saturated rings. The molecule has 0 saturated carbocycles. The van der Waals surface area contributed by atoms with Gasteiger partial charge in [0.2, 0.25) is 10.0 Å². The number of nitrogens with zero attached hydrogens (tertiary/aromatic N) is 4. The number of allylic oxidation sites excluding steroid dienone is 2. The first-order valence-corrected chi connectivity index (χ1v) is 13.2. The summed E-state index contributed by atoms with van der Waals surface area (Å²) in [5.74, 6) is 0.625. The third-order valence-electron chi connectivity index (χ3n) is 5.66. The number of hydrogen-bond acceptors (Lipinski definition) is 6. The Balaban J connectivity index is 2.01. The number of benzene rings is 1. The lowest BCUT2D eigenvalue weighted by Gasteiger charge is -2.21. The first kappa shape index (κ1) is 26.7. The van der Waals surface area contributed by atoms with Crippen molar-refractivity contribution in [2.45, 2.75) is 27.0 Å². The summed E-state index contributed by atoms with van der Waals surface area (Å²) in [7, 11) is 2.16. The van der Waals surface area contributed by atoms with Gasteiger partial charge in [-0.2, -0.15) is 0 Å². The third kappa shape index (κ3) is 6.01. The highest BCUT2D eigenvalue weighted by Gasteiger charge is 2.19. The van der Waals surface area contributed by atoms with Crippen molar-refractivity contribution in [1.82, 2.24) is 19.2 Å². The van der Waals surface area contributed by atoms with Gasteiger partial charge in [0.05, 0.1) is 10.8 Å². The summed E-state index contributed by atoms with van der Waals surface area (Å²) >= 11 is 6.46. The number of ether oxygens (including phenoxy) is 1. The second-order valence-corrected chi connectivity index (χ2v) is 11.1. The molecule has 0 N–H and O–H groups in total. The van der Waals surface area contributed by atoms with Gasteiger partial charge in [-0.15, -0.1) is 0 Å². The predicted octanol–water partition coefficient (Wildman–Crippen LogP) is 5.04. The molecule has 0 amide bonds. The molecule has 0 aliphatic heterocycles. The van der Waals surface area contributed by atoms with E-state index in [-0.39, 0.29) is 18.9 Å². The van der Waals surface area contributed by atoms with Crippen LogP contribution in [-0.2, 0) is 23.2 Å². The van der Waals surface area contributed by atoms with Gasteiger partial charge in [-0.1, -0.05) is 36.4 Å². The van der Waals surface area contributed by atoms with Crippen LogP contribution in [0.2, 0.25) is 5.02 Å². The Morgan fingerprint density at radius 2 is 1.97 bits per heavy atom. The lowest BCUT2D eigenvalue weighted by Crippen LogP contribution is -2.28. The zero-order valence-electron chi connectivity index (χ0n) is 20.7. The van der Waals surface area contributed by atoms with Gasteiger partial charge in [-0.25, -0.2) is 17.7 Å². The molecule has 0 bridgehead atoms. The molecule has 7 nitrogen and oxygen atoms in total. The highest BCUT2D eigenvalue weighted by atomic mass is 35.5. The minimum Gasteiger partial charge on any atom is -0.487 e. The Morgan fingerprint density at radius 1 is 1.23 bits per heavy atom. The highest BCUT2D eigenvalue weighted by Crippen LogP contribution is 2.33. The van der Waals surface area contributed by atoms with Crippen LogP contribution < -0.4 is 4.74 Å². The molecular weight excluding hydrogens is 484 g/mol. The van der Waals surface area contributed by atoms with Crippen molar-refractivity contribution in [3.05, 3.63) is 82.8 Å². The second-order valence-electron chi connectivity index (χ2n) is 8.35. The Hall–Kier alpha value is -2.94. The van der Waals surface area contributed by atoms with E-state index < -0.39 is 10.0 Å². The second kappa shape index (κ2) is 11.2. The molecule has 0 aliphatic rings. The van der Waals surface area contributed by atoms with Gasteiger partial charge in [0, 0.05) is 68.0 Å². The Bertz CT molecular complexity index is 1370. The molecule has 9 heteroatoms. The molecule has 0 spiro atoms. The summed E-state index contributed by atoms with van der Waals surface area (Å²) in [6.45, 7) is 7.70. The fourth-order valence-electron chi connectivity index (χ4n) is 3.78. The van der Waals surface area contributed by atoms with Crippen molar-refractivity contribution in [1.29, 1.82) is 0 Å². The van der Waals surface area contributed by atoms with Crippen LogP contribution in [0.15, 0.2) is 55.4 Å². The van der Waals surface area contributed by atoms with E-state index in [2.05, 4.69) is 11.6 Å². The molecule has 1 aromatic carbocycles. The van der Waals surface area contributed by atoms with Crippen LogP contribution in [0.25, 0.3) is 16.6 Å². The van der Waals surface area contributed by atoms with E-state index in [1.807, 2.05) is 56.3 Å². The molecule has 35 heavy (non-hydrogen) atoms. The van der Waals surface area contributed by atoms with Crippen molar-refractivity contribution >= 4 is 38.2 Å². The van der Waals surface area contributed by atoms with Crippen LogP contribution in [0.1, 0.15) is 29.3 Å². The fourth-order valence-corrected chi connectivity index (χ4v) is 4.79. The van der Waals surface area contributed by atoms with Crippen LogP contribution in [0, 0.1) is 6.92 Å². The van der Waals surface area contributed by atoms with Crippen molar-refractivity contribution in [3.63, 3.8) is 0 Å². The van der Waals surface area contributed by atoms with Crippen LogP contribution in [0.4, 0.5) is 0 Å². The average Bonchev–Trinajstić information content (AvgIpc) is 2.81. The third-order valence-corrected chi connectivity index (χ3v) is 7.80. The van der Waals surface area contributed by atoms with Gasteiger partial charge in [0.25, 0.3) is 0 Å². The zero-order chi connectivity index (χ0) is 25.8. The minimum absolute atomic E-state index is 0.0158. The molecular formula is C26H31ClN4O3S. The lowest BCUT2D eigenvalue weighted by molar-refractivity contribution is 0.306. The molecule has 2 heterocycles. The molecule has 186 valence electrons. The SMILES string of the molecule is C=C/C=C(/c1cc(C)nc2c(OCc3c(Cl)cncc3CN(C)S(=O)(=O)CC)cccc12)N(C)C. The molecule has 3 aromatic rings. The summed E-state index contributed by atoms with van der Waals surface area (Å²) in [4.78, 5) is 10.9. The largest absolute Gasteiger partial charge is 0.487 e. The van der Waals surface area contributed by atoms with E-state index in [0.29, 0.717) is 21.9 Å². The van der Waals surface area contributed by atoms with Crippen molar-refractivity contribution < 1.29 is 13.2 Å².